The third-order valence-corrected chi connectivity index (χ3v) is 4.66. The van der Waals surface area contributed by atoms with E-state index in [0.717, 1.165) is 25.7 Å². The predicted octanol–water partition coefficient (Wildman–Crippen LogP) is 2.95. The molecule has 2 nitrogen and oxygen atoms in total. The second-order valence-electron chi connectivity index (χ2n) is 5.93. The average molecular weight is 210 g/mol. The van der Waals surface area contributed by atoms with Crippen molar-refractivity contribution in [3.63, 3.8) is 0 Å². The van der Waals surface area contributed by atoms with Gasteiger partial charge in [0.2, 0.25) is 0 Å². The SMILES string of the molecule is CC1CC[C@@]2(O1)C(C)C(=O)CCC2(C)C. The van der Waals surface area contributed by atoms with Gasteiger partial charge in [-0.2, -0.15) is 0 Å². The summed E-state index contributed by atoms with van der Waals surface area (Å²) in [7, 11) is 0. The van der Waals surface area contributed by atoms with Crippen molar-refractivity contribution in [3.05, 3.63) is 0 Å². The van der Waals surface area contributed by atoms with Crippen molar-refractivity contribution in [2.75, 3.05) is 0 Å². The molecule has 3 atom stereocenters. The van der Waals surface area contributed by atoms with Gasteiger partial charge in [0.15, 0.2) is 0 Å². The maximum Gasteiger partial charge on any atom is 0.138 e. The van der Waals surface area contributed by atoms with Gasteiger partial charge in [-0.1, -0.05) is 20.8 Å². The molecule has 1 saturated heterocycles. The van der Waals surface area contributed by atoms with Gasteiger partial charge in [0.1, 0.15) is 5.78 Å². The van der Waals surface area contributed by atoms with E-state index in [1.165, 1.54) is 0 Å². The Hall–Kier alpha value is -0.370. The Morgan fingerprint density at radius 1 is 1.27 bits per heavy atom. The maximum absolute atomic E-state index is 11.9. The molecule has 0 aromatic carbocycles. The Bertz CT molecular complexity index is 282. The molecule has 86 valence electrons. The summed E-state index contributed by atoms with van der Waals surface area (Å²) in [6, 6.07) is 0. The Labute approximate surface area is 92.4 Å². The largest absolute Gasteiger partial charge is 0.371 e. The summed E-state index contributed by atoms with van der Waals surface area (Å²) in [6.45, 7) is 8.69. The first-order valence-electron chi connectivity index (χ1n) is 6.09. The summed E-state index contributed by atoms with van der Waals surface area (Å²) in [4.78, 5) is 11.9. The van der Waals surface area contributed by atoms with Crippen LogP contribution in [0.1, 0.15) is 53.4 Å². The van der Waals surface area contributed by atoms with E-state index < -0.39 is 0 Å². The molecule has 0 aromatic rings. The molecular weight excluding hydrogens is 188 g/mol. The lowest BCUT2D eigenvalue weighted by Crippen LogP contribution is -2.55. The van der Waals surface area contributed by atoms with Crippen LogP contribution in [-0.4, -0.2) is 17.5 Å². The minimum absolute atomic E-state index is 0.0752. The van der Waals surface area contributed by atoms with E-state index in [9.17, 15) is 4.79 Å². The van der Waals surface area contributed by atoms with Crippen molar-refractivity contribution >= 4 is 5.78 Å². The molecule has 0 amide bonds. The molecule has 2 unspecified atom stereocenters. The van der Waals surface area contributed by atoms with Crippen LogP contribution in [0.3, 0.4) is 0 Å². The van der Waals surface area contributed by atoms with E-state index in [1.807, 2.05) is 0 Å². The molecular formula is C13H22O2. The van der Waals surface area contributed by atoms with E-state index >= 15 is 0 Å². The number of Topliss-reactive ketones (excluding diaryl/α,β-unsaturated/α-hetero) is 1. The fourth-order valence-electron chi connectivity index (χ4n) is 3.42. The van der Waals surface area contributed by atoms with Crippen LogP contribution in [0, 0.1) is 11.3 Å². The molecule has 1 spiro atoms. The van der Waals surface area contributed by atoms with E-state index in [1.54, 1.807) is 0 Å². The average Bonchev–Trinajstić information content (AvgIpc) is 2.55. The third-order valence-electron chi connectivity index (χ3n) is 4.66. The van der Waals surface area contributed by atoms with Crippen molar-refractivity contribution in [2.24, 2.45) is 11.3 Å². The standard InChI is InChI=1S/C13H22O2/c1-9-5-8-13(15-9)10(2)11(14)6-7-12(13,3)4/h9-10H,5-8H2,1-4H3/t9?,10?,13-/m1/s1. The van der Waals surface area contributed by atoms with E-state index in [-0.39, 0.29) is 16.9 Å². The van der Waals surface area contributed by atoms with Gasteiger partial charge < -0.3 is 4.74 Å². The molecule has 2 heteroatoms. The molecule has 2 rings (SSSR count). The topological polar surface area (TPSA) is 26.3 Å². The van der Waals surface area contributed by atoms with Gasteiger partial charge in [0.05, 0.1) is 11.7 Å². The molecule has 1 saturated carbocycles. The summed E-state index contributed by atoms with van der Waals surface area (Å²) in [6.07, 6.45) is 4.17. The Balaban J connectivity index is 2.35. The van der Waals surface area contributed by atoms with Crippen molar-refractivity contribution in [1.82, 2.24) is 0 Å². The minimum atomic E-state index is -0.179. The first kappa shape index (κ1) is 11.1. The summed E-state index contributed by atoms with van der Waals surface area (Å²) >= 11 is 0. The molecule has 1 aliphatic heterocycles. The van der Waals surface area contributed by atoms with Crippen LogP contribution in [-0.2, 0) is 9.53 Å². The predicted molar refractivity (Wildman–Crippen MR) is 59.7 cm³/mol. The lowest BCUT2D eigenvalue weighted by Gasteiger charge is -2.50. The van der Waals surface area contributed by atoms with E-state index in [2.05, 4.69) is 27.7 Å². The van der Waals surface area contributed by atoms with Crippen LogP contribution in [0.25, 0.3) is 0 Å². The number of ether oxygens (including phenoxy) is 1. The lowest BCUT2D eigenvalue weighted by molar-refractivity contribution is -0.173. The second-order valence-corrected chi connectivity index (χ2v) is 5.93. The summed E-state index contributed by atoms with van der Waals surface area (Å²) in [5.41, 5.74) is -0.0349. The molecule has 15 heavy (non-hydrogen) atoms. The van der Waals surface area contributed by atoms with Crippen molar-refractivity contribution in [2.45, 2.75) is 65.1 Å². The van der Waals surface area contributed by atoms with Crippen LogP contribution >= 0.6 is 0 Å². The van der Waals surface area contributed by atoms with Crippen LogP contribution in [0.15, 0.2) is 0 Å². The highest BCUT2D eigenvalue weighted by atomic mass is 16.5. The first-order valence-corrected chi connectivity index (χ1v) is 6.09. The zero-order valence-corrected chi connectivity index (χ0v) is 10.3. The number of hydrogen-bond donors (Lipinski definition) is 0. The molecule has 1 aliphatic carbocycles. The Morgan fingerprint density at radius 2 is 1.93 bits per heavy atom. The first-order chi connectivity index (χ1) is 6.89. The second kappa shape index (κ2) is 3.31. The molecule has 2 fully saturated rings. The number of carbonyl (C=O) groups is 1. The third kappa shape index (κ3) is 1.45. The van der Waals surface area contributed by atoms with Crippen LogP contribution in [0.4, 0.5) is 0 Å². The summed E-state index contributed by atoms with van der Waals surface area (Å²) in [5.74, 6) is 0.467. The molecule has 0 bridgehead atoms. The highest BCUT2D eigenvalue weighted by Gasteiger charge is 2.57. The van der Waals surface area contributed by atoms with Gasteiger partial charge in [0.25, 0.3) is 0 Å². The summed E-state index contributed by atoms with van der Waals surface area (Å²) < 4.78 is 6.17. The molecule has 0 aromatic heterocycles. The quantitative estimate of drug-likeness (QED) is 0.614. The van der Waals surface area contributed by atoms with Crippen LogP contribution in [0.2, 0.25) is 0 Å². The molecule has 0 radical (unpaired) electrons. The minimum Gasteiger partial charge on any atom is -0.371 e. The van der Waals surface area contributed by atoms with Gasteiger partial charge in [-0.15, -0.1) is 0 Å². The maximum atomic E-state index is 11.9. The zero-order valence-electron chi connectivity index (χ0n) is 10.3. The van der Waals surface area contributed by atoms with Gasteiger partial charge in [-0.25, -0.2) is 0 Å². The van der Waals surface area contributed by atoms with Gasteiger partial charge in [-0.3, -0.25) is 4.79 Å². The smallest absolute Gasteiger partial charge is 0.138 e. The Morgan fingerprint density at radius 3 is 2.47 bits per heavy atom. The molecule has 2 aliphatic rings. The van der Waals surface area contributed by atoms with Gasteiger partial charge in [0, 0.05) is 12.3 Å². The molecule has 1 heterocycles. The lowest BCUT2D eigenvalue weighted by atomic mass is 9.59. The van der Waals surface area contributed by atoms with E-state index in [4.69, 9.17) is 4.74 Å². The van der Waals surface area contributed by atoms with Crippen LogP contribution < -0.4 is 0 Å². The highest BCUT2D eigenvalue weighted by molar-refractivity contribution is 5.83. The number of carbonyl (C=O) groups excluding carboxylic acids is 1. The zero-order chi connectivity index (χ0) is 11.3. The fourth-order valence-corrected chi connectivity index (χ4v) is 3.42. The van der Waals surface area contributed by atoms with Crippen LogP contribution in [0.5, 0.6) is 0 Å². The van der Waals surface area contributed by atoms with Crippen molar-refractivity contribution < 1.29 is 9.53 Å². The molecule has 0 N–H and O–H groups in total. The Kier molecular flexibility index (Phi) is 2.45. The highest BCUT2D eigenvalue weighted by Crippen LogP contribution is 2.54. The van der Waals surface area contributed by atoms with Crippen molar-refractivity contribution in [3.8, 4) is 0 Å². The monoisotopic (exact) mass is 210 g/mol. The van der Waals surface area contributed by atoms with E-state index in [0.29, 0.717) is 11.9 Å². The van der Waals surface area contributed by atoms with Crippen molar-refractivity contribution in [1.29, 1.82) is 0 Å². The normalized spacial score (nSPS) is 44.9. The number of rotatable bonds is 0. The summed E-state index contributed by atoms with van der Waals surface area (Å²) in [5, 5.41) is 0. The van der Waals surface area contributed by atoms with Gasteiger partial charge in [-0.05, 0) is 31.6 Å². The van der Waals surface area contributed by atoms with Gasteiger partial charge >= 0.3 is 0 Å². The number of hydrogen-bond acceptors (Lipinski definition) is 2. The fraction of sp³-hybridized carbons (Fsp3) is 0.923. The number of ketones is 1.